The maximum atomic E-state index is 5.89. The Morgan fingerprint density at radius 2 is 2.00 bits per heavy atom. The highest BCUT2D eigenvalue weighted by Gasteiger charge is 2.28. The summed E-state index contributed by atoms with van der Waals surface area (Å²) in [5, 5.41) is 4.09. The molecule has 1 aromatic heterocycles. The molecule has 0 saturated carbocycles. The SMILES string of the molecule is COCC(N)Cc1nc(C(C)(C)c2ccccc2)no1. The Bertz CT molecular complexity index is 537. The van der Waals surface area contributed by atoms with Crippen LogP contribution in [0, 0.1) is 0 Å². The first-order valence-corrected chi connectivity index (χ1v) is 6.67. The molecule has 5 nitrogen and oxygen atoms in total. The third kappa shape index (κ3) is 3.23. The molecule has 1 aromatic carbocycles. The van der Waals surface area contributed by atoms with Crippen molar-refractivity contribution in [3.8, 4) is 0 Å². The molecular weight excluding hydrogens is 254 g/mol. The summed E-state index contributed by atoms with van der Waals surface area (Å²) in [6.45, 7) is 4.62. The molecule has 0 bridgehead atoms. The molecule has 0 saturated heterocycles. The summed E-state index contributed by atoms with van der Waals surface area (Å²) < 4.78 is 10.3. The average molecular weight is 275 g/mol. The van der Waals surface area contributed by atoms with Crippen molar-refractivity contribution in [2.24, 2.45) is 5.73 Å². The Hall–Kier alpha value is -1.72. The fourth-order valence-electron chi connectivity index (χ4n) is 2.07. The highest BCUT2D eigenvalue weighted by Crippen LogP contribution is 2.28. The molecule has 0 fully saturated rings. The van der Waals surface area contributed by atoms with Crippen molar-refractivity contribution in [3.05, 3.63) is 47.6 Å². The van der Waals surface area contributed by atoms with Crippen molar-refractivity contribution < 1.29 is 9.26 Å². The molecule has 1 heterocycles. The first-order valence-electron chi connectivity index (χ1n) is 6.67. The van der Waals surface area contributed by atoms with Gasteiger partial charge >= 0.3 is 0 Å². The Morgan fingerprint density at radius 1 is 1.30 bits per heavy atom. The molecular formula is C15H21N3O2. The van der Waals surface area contributed by atoms with Crippen molar-refractivity contribution >= 4 is 0 Å². The van der Waals surface area contributed by atoms with Gasteiger partial charge in [-0.15, -0.1) is 0 Å². The summed E-state index contributed by atoms with van der Waals surface area (Å²) in [7, 11) is 1.62. The zero-order valence-electron chi connectivity index (χ0n) is 12.2. The summed E-state index contributed by atoms with van der Waals surface area (Å²) in [6.07, 6.45) is 0.520. The monoisotopic (exact) mass is 275 g/mol. The van der Waals surface area contributed by atoms with Gasteiger partial charge in [0.05, 0.1) is 12.0 Å². The quantitative estimate of drug-likeness (QED) is 0.871. The molecule has 20 heavy (non-hydrogen) atoms. The minimum absolute atomic E-state index is 0.131. The van der Waals surface area contributed by atoms with Crippen LogP contribution in [-0.2, 0) is 16.6 Å². The molecule has 0 spiro atoms. The van der Waals surface area contributed by atoms with Crippen LogP contribution in [0.15, 0.2) is 34.9 Å². The number of aromatic nitrogens is 2. The summed E-state index contributed by atoms with van der Waals surface area (Å²) in [5.74, 6) is 1.22. The predicted molar refractivity (Wildman–Crippen MR) is 76.4 cm³/mol. The Kier molecular flexibility index (Phi) is 4.52. The normalized spacial score (nSPS) is 13.4. The lowest BCUT2D eigenvalue weighted by Gasteiger charge is -2.20. The lowest BCUT2D eigenvalue weighted by Crippen LogP contribution is -2.28. The number of hydrogen-bond donors (Lipinski definition) is 1. The lowest BCUT2D eigenvalue weighted by atomic mass is 9.84. The van der Waals surface area contributed by atoms with Crippen LogP contribution in [0.5, 0.6) is 0 Å². The zero-order valence-corrected chi connectivity index (χ0v) is 12.2. The van der Waals surface area contributed by atoms with Crippen LogP contribution in [0.2, 0.25) is 0 Å². The van der Waals surface area contributed by atoms with E-state index in [2.05, 4.69) is 36.1 Å². The highest BCUT2D eigenvalue weighted by molar-refractivity contribution is 5.30. The van der Waals surface area contributed by atoms with Crippen LogP contribution in [0.1, 0.15) is 31.1 Å². The van der Waals surface area contributed by atoms with Crippen LogP contribution in [-0.4, -0.2) is 29.9 Å². The molecule has 108 valence electrons. The third-order valence-electron chi connectivity index (χ3n) is 3.34. The van der Waals surface area contributed by atoms with Gasteiger partial charge in [0.25, 0.3) is 0 Å². The Labute approximate surface area is 119 Å². The fraction of sp³-hybridized carbons (Fsp3) is 0.467. The fourth-order valence-corrected chi connectivity index (χ4v) is 2.07. The Morgan fingerprint density at radius 3 is 2.65 bits per heavy atom. The van der Waals surface area contributed by atoms with E-state index in [9.17, 15) is 0 Å². The van der Waals surface area contributed by atoms with Crippen LogP contribution >= 0.6 is 0 Å². The number of benzene rings is 1. The van der Waals surface area contributed by atoms with Crippen LogP contribution in [0.3, 0.4) is 0 Å². The standard InChI is InChI=1S/C15H21N3O2/c1-15(2,11-7-5-4-6-8-11)14-17-13(20-18-14)9-12(16)10-19-3/h4-8,12H,9-10,16H2,1-3H3. The molecule has 1 unspecified atom stereocenters. The van der Waals surface area contributed by atoms with Gasteiger partial charge in [-0.2, -0.15) is 4.98 Å². The van der Waals surface area contributed by atoms with E-state index in [4.69, 9.17) is 15.0 Å². The van der Waals surface area contributed by atoms with Gasteiger partial charge in [0.15, 0.2) is 5.82 Å². The molecule has 0 amide bonds. The topological polar surface area (TPSA) is 74.2 Å². The summed E-state index contributed by atoms with van der Waals surface area (Å²) >= 11 is 0. The van der Waals surface area contributed by atoms with Crippen molar-refractivity contribution in [2.45, 2.75) is 31.7 Å². The van der Waals surface area contributed by atoms with E-state index in [1.165, 1.54) is 0 Å². The minimum atomic E-state index is -0.297. The molecule has 2 N–H and O–H groups in total. The van der Waals surface area contributed by atoms with Crippen molar-refractivity contribution in [1.82, 2.24) is 10.1 Å². The summed E-state index contributed by atoms with van der Waals surface area (Å²) in [5.41, 5.74) is 6.74. The number of nitrogens with two attached hydrogens (primary N) is 1. The molecule has 0 aliphatic carbocycles. The number of ether oxygens (including phenoxy) is 1. The molecule has 2 aromatic rings. The number of hydrogen-bond acceptors (Lipinski definition) is 5. The molecule has 2 rings (SSSR count). The maximum absolute atomic E-state index is 5.89. The number of nitrogens with zero attached hydrogens (tertiary/aromatic N) is 2. The smallest absolute Gasteiger partial charge is 0.228 e. The largest absolute Gasteiger partial charge is 0.383 e. The second-order valence-electron chi connectivity index (χ2n) is 5.42. The minimum Gasteiger partial charge on any atom is -0.383 e. The van der Waals surface area contributed by atoms with Crippen LogP contribution in [0.4, 0.5) is 0 Å². The van der Waals surface area contributed by atoms with E-state index in [1.54, 1.807) is 7.11 Å². The second-order valence-corrected chi connectivity index (χ2v) is 5.42. The van der Waals surface area contributed by atoms with Gasteiger partial charge in [0.2, 0.25) is 5.89 Å². The lowest BCUT2D eigenvalue weighted by molar-refractivity contribution is 0.176. The van der Waals surface area contributed by atoms with E-state index < -0.39 is 0 Å². The van der Waals surface area contributed by atoms with Gasteiger partial charge < -0.3 is 15.0 Å². The second kappa shape index (κ2) is 6.15. The molecule has 1 atom stereocenters. The average Bonchev–Trinajstić information content (AvgIpc) is 2.89. The van der Waals surface area contributed by atoms with Gasteiger partial charge in [-0.25, -0.2) is 0 Å². The van der Waals surface area contributed by atoms with E-state index in [-0.39, 0.29) is 11.5 Å². The first kappa shape index (κ1) is 14.7. The van der Waals surface area contributed by atoms with Gasteiger partial charge in [0.1, 0.15) is 0 Å². The maximum Gasteiger partial charge on any atom is 0.228 e. The van der Waals surface area contributed by atoms with Crippen molar-refractivity contribution in [1.29, 1.82) is 0 Å². The highest BCUT2D eigenvalue weighted by atomic mass is 16.5. The predicted octanol–water partition coefficient (Wildman–Crippen LogP) is 1.91. The van der Waals surface area contributed by atoms with E-state index in [0.717, 1.165) is 5.56 Å². The van der Waals surface area contributed by atoms with Gasteiger partial charge in [-0.05, 0) is 19.4 Å². The first-order chi connectivity index (χ1) is 9.54. The number of rotatable bonds is 6. The van der Waals surface area contributed by atoms with Crippen molar-refractivity contribution in [2.75, 3.05) is 13.7 Å². The Balaban J connectivity index is 2.16. The van der Waals surface area contributed by atoms with Gasteiger partial charge in [0, 0.05) is 19.6 Å². The third-order valence-corrected chi connectivity index (χ3v) is 3.34. The van der Waals surface area contributed by atoms with Crippen LogP contribution < -0.4 is 5.73 Å². The molecule has 0 radical (unpaired) electrons. The van der Waals surface area contributed by atoms with E-state index >= 15 is 0 Å². The zero-order chi connectivity index (χ0) is 14.6. The van der Waals surface area contributed by atoms with E-state index in [1.807, 2.05) is 18.2 Å². The summed E-state index contributed by atoms with van der Waals surface area (Å²) in [6, 6.07) is 10.00. The van der Waals surface area contributed by atoms with Crippen LogP contribution in [0.25, 0.3) is 0 Å². The van der Waals surface area contributed by atoms with E-state index in [0.29, 0.717) is 24.7 Å². The van der Waals surface area contributed by atoms with Gasteiger partial charge in [-0.1, -0.05) is 35.5 Å². The molecule has 0 aliphatic heterocycles. The van der Waals surface area contributed by atoms with Crippen molar-refractivity contribution in [3.63, 3.8) is 0 Å². The summed E-state index contributed by atoms with van der Waals surface area (Å²) in [4.78, 5) is 4.47. The van der Waals surface area contributed by atoms with Gasteiger partial charge in [-0.3, -0.25) is 0 Å². The molecule has 5 heteroatoms. The molecule has 0 aliphatic rings. The number of methoxy groups -OCH3 is 1.